The molecule has 0 unspecified atom stereocenters. The van der Waals surface area contributed by atoms with Crippen molar-refractivity contribution in [2.75, 3.05) is 27.9 Å². The van der Waals surface area contributed by atoms with E-state index in [9.17, 15) is 4.79 Å². The number of ether oxygens (including phenoxy) is 4. The largest absolute Gasteiger partial charge is 0.497 e. The van der Waals surface area contributed by atoms with Crippen LogP contribution in [0, 0.1) is 5.41 Å². The van der Waals surface area contributed by atoms with E-state index in [1.54, 1.807) is 14.2 Å². The quantitative estimate of drug-likeness (QED) is 0.342. The molecule has 0 N–H and O–H groups in total. The fraction of sp³-hybridized carbons (Fsp3) is 0.296. The Bertz CT molecular complexity index is 961. The number of benzene rings is 3. The van der Waals surface area contributed by atoms with Gasteiger partial charge in [-0.15, -0.1) is 0 Å². The van der Waals surface area contributed by atoms with Crippen molar-refractivity contribution in [3.05, 3.63) is 95.6 Å². The number of esters is 1. The molecule has 0 atom stereocenters. The van der Waals surface area contributed by atoms with E-state index in [4.69, 9.17) is 18.9 Å². The van der Waals surface area contributed by atoms with E-state index in [0.29, 0.717) is 0 Å². The third-order valence-corrected chi connectivity index (χ3v) is 5.56. The van der Waals surface area contributed by atoms with Crippen LogP contribution in [0.3, 0.4) is 0 Å². The number of hydrogen-bond donors (Lipinski definition) is 0. The van der Waals surface area contributed by atoms with Gasteiger partial charge in [-0.1, -0.05) is 54.6 Å². The van der Waals surface area contributed by atoms with Crippen LogP contribution in [-0.2, 0) is 19.9 Å². The molecule has 0 fully saturated rings. The molecular formula is C27H30O5. The van der Waals surface area contributed by atoms with Crippen LogP contribution < -0.4 is 9.47 Å². The first-order chi connectivity index (χ1) is 15.4. The summed E-state index contributed by atoms with van der Waals surface area (Å²) in [5.41, 5.74) is 0.959. The summed E-state index contributed by atoms with van der Waals surface area (Å²) in [6.07, 6.45) is 0. The summed E-state index contributed by atoms with van der Waals surface area (Å²) in [5.74, 6) is 1.17. The molecule has 0 amide bonds. The van der Waals surface area contributed by atoms with Crippen molar-refractivity contribution in [2.45, 2.75) is 19.4 Å². The molecule has 0 saturated heterocycles. The molecule has 3 aromatic carbocycles. The first kappa shape index (κ1) is 23.4. The Morgan fingerprint density at radius 2 is 1.12 bits per heavy atom. The Hall–Kier alpha value is -3.31. The maximum Gasteiger partial charge on any atom is 0.313 e. The van der Waals surface area contributed by atoms with E-state index in [1.807, 2.05) is 92.7 Å². The van der Waals surface area contributed by atoms with Crippen molar-refractivity contribution >= 4 is 5.97 Å². The molecule has 0 aliphatic rings. The van der Waals surface area contributed by atoms with Crippen molar-refractivity contribution in [2.24, 2.45) is 5.41 Å². The highest BCUT2D eigenvalue weighted by molar-refractivity contribution is 5.75. The lowest BCUT2D eigenvalue weighted by atomic mass is 9.79. The SMILES string of the molecule is COC(=O)C(C)(C)COC(c1ccccc1)(c1ccc(OC)cc1)c1ccc(OC)cc1. The van der Waals surface area contributed by atoms with Gasteiger partial charge in [0, 0.05) is 0 Å². The summed E-state index contributed by atoms with van der Waals surface area (Å²) in [6.45, 7) is 3.78. The Morgan fingerprint density at radius 3 is 1.53 bits per heavy atom. The van der Waals surface area contributed by atoms with Crippen LogP contribution >= 0.6 is 0 Å². The van der Waals surface area contributed by atoms with Gasteiger partial charge < -0.3 is 18.9 Å². The molecule has 5 nitrogen and oxygen atoms in total. The van der Waals surface area contributed by atoms with Crippen molar-refractivity contribution in [1.29, 1.82) is 0 Å². The minimum absolute atomic E-state index is 0.145. The lowest BCUT2D eigenvalue weighted by molar-refractivity contribution is -0.156. The van der Waals surface area contributed by atoms with Crippen LogP contribution in [0.15, 0.2) is 78.9 Å². The summed E-state index contributed by atoms with van der Waals surface area (Å²) < 4.78 is 22.5. The van der Waals surface area contributed by atoms with Crippen LogP contribution in [0.1, 0.15) is 30.5 Å². The van der Waals surface area contributed by atoms with Crippen LogP contribution in [-0.4, -0.2) is 33.9 Å². The number of hydrogen-bond acceptors (Lipinski definition) is 5. The maximum absolute atomic E-state index is 12.4. The molecule has 0 bridgehead atoms. The van der Waals surface area contributed by atoms with E-state index in [-0.39, 0.29) is 12.6 Å². The summed E-state index contributed by atoms with van der Waals surface area (Å²) in [5, 5.41) is 0. The normalized spacial score (nSPS) is 11.7. The zero-order valence-electron chi connectivity index (χ0n) is 19.3. The van der Waals surface area contributed by atoms with Gasteiger partial charge >= 0.3 is 5.97 Å². The molecule has 0 aliphatic heterocycles. The summed E-state index contributed by atoms with van der Waals surface area (Å²) in [7, 11) is 4.66. The van der Waals surface area contributed by atoms with E-state index in [0.717, 1.165) is 28.2 Å². The first-order valence-corrected chi connectivity index (χ1v) is 10.4. The molecule has 0 heterocycles. The average molecular weight is 435 g/mol. The molecule has 0 aromatic heterocycles. The van der Waals surface area contributed by atoms with Gasteiger partial charge in [0.2, 0.25) is 0 Å². The third-order valence-electron chi connectivity index (χ3n) is 5.56. The predicted molar refractivity (Wildman–Crippen MR) is 124 cm³/mol. The van der Waals surface area contributed by atoms with Gasteiger partial charge in [0.1, 0.15) is 17.1 Å². The minimum Gasteiger partial charge on any atom is -0.497 e. The molecule has 32 heavy (non-hydrogen) atoms. The van der Waals surface area contributed by atoms with E-state index < -0.39 is 11.0 Å². The topological polar surface area (TPSA) is 54.0 Å². The van der Waals surface area contributed by atoms with Crippen molar-refractivity contribution in [1.82, 2.24) is 0 Å². The number of methoxy groups -OCH3 is 3. The molecule has 5 heteroatoms. The molecule has 168 valence electrons. The Morgan fingerprint density at radius 1 is 0.688 bits per heavy atom. The van der Waals surface area contributed by atoms with Gasteiger partial charge in [0.25, 0.3) is 0 Å². The van der Waals surface area contributed by atoms with Gasteiger partial charge in [-0.3, -0.25) is 4.79 Å². The Kier molecular flexibility index (Phi) is 7.21. The number of carbonyl (C=O) groups is 1. The molecule has 3 aromatic rings. The van der Waals surface area contributed by atoms with Crippen molar-refractivity contribution in [3.8, 4) is 11.5 Å². The fourth-order valence-corrected chi connectivity index (χ4v) is 3.70. The minimum atomic E-state index is -0.967. The number of carbonyl (C=O) groups excluding carboxylic acids is 1. The van der Waals surface area contributed by atoms with Gasteiger partial charge in [-0.25, -0.2) is 0 Å². The second-order valence-corrected chi connectivity index (χ2v) is 8.17. The Balaban J connectivity index is 2.22. The molecular weight excluding hydrogens is 404 g/mol. The summed E-state index contributed by atoms with van der Waals surface area (Å²) in [4.78, 5) is 12.4. The fourth-order valence-electron chi connectivity index (χ4n) is 3.70. The van der Waals surface area contributed by atoms with Crippen LogP contribution in [0.4, 0.5) is 0 Å². The molecule has 0 radical (unpaired) electrons. The monoisotopic (exact) mass is 434 g/mol. The number of rotatable bonds is 9. The van der Waals surface area contributed by atoms with Gasteiger partial charge in [-0.05, 0) is 54.8 Å². The highest BCUT2D eigenvalue weighted by atomic mass is 16.5. The highest BCUT2D eigenvalue weighted by Crippen LogP contribution is 2.42. The Labute approximate surface area is 189 Å². The van der Waals surface area contributed by atoms with Crippen molar-refractivity contribution < 1.29 is 23.7 Å². The first-order valence-electron chi connectivity index (χ1n) is 10.4. The van der Waals surface area contributed by atoms with Crippen LogP contribution in [0.5, 0.6) is 11.5 Å². The van der Waals surface area contributed by atoms with Crippen LogP contribution in [0.25, 0.3) is 0 Å². The average Bonchev–Trinajstić information content (AvgIpc) is 2.85. The third kappa shape index (κ3) is 4.63. The van der Waals surface area contributed by atoms with Crippen molar-refractivity contribution in [3.63, 3.8) is 0 Å². The van der Waals surface area contributed by atoms with Gasteiger partial charge in [-0.2, -0.15) is 0 Å². The smallest absolute Gasteiger partial charge is 0.313 e. The second-order valence-electron chi connectivity index (χ2n) is 8.17. The molecule has 0 spiro atoms. The summed E-state index contributed by atoms with van der Waals surface area (Å²) in [6, 6.07) is 25.6. The lowest BCUT2D eigenvalue weighted by Crippen LogP contribution is -2.39. The zero-order chi connectivity index (χ0) is 23.2. The standard InChI is InChI=1S/C27H30O5/c1-26(2,25(28)31-5)19-32-27(20-9-7-6-8-10-20,21-11-15-23(29-3)16-12-21)22-13-17-24(30-4)18-14-22/h6-18H,19H2,1-5H3. The lowest BCUT2D eigenvalue weighted by Gasteiger charge is -2.38. The zero-order valence-corrected chi connectivity index (χ0v) is 19.3. The molecule has 0 aliphatic carbocycles. The van der Waals surface area contributed by atoms with E-state index in [1.165, 1.54) is 7.11 Å². The predicted octanol–water partition coefficient (Wildman–Crippen LogP) is 5.21. The summed E-state index contributed by atoms with van der Waals surface area (Å²) >= 11 is 0. The van der Waals surface area contributed by atoms with E-state index in [2.05, 4.69) is 0 Å². The molecule has 0 saturated carbocycles. The maximum atomic E-state index is 12.4. The van der Waals surface area contributed by atoms with Gasteiger partial charge in [0.15, 0.2) is 0 Å². The second kappa shape index (κ2) is 9.88. The van der Waals surface area contributed by atoms with E-state index >= 15 is 0 Å². The molecule has 3 rings (SSSR count). The van der Waals surface area contributed by atoms with Crippen LogP contribution in [0.2, 0.25) is 0 Å². The van der Waals surface area contributed by atoms with Gasteiger partial charge in [0.05, 0.1) is 33.4 Å². The highest BCUT2D eigenvalue weighted by Gasteiger charge is 2.41.